The zero-order valence-electron chi connectivity index (χ0n) is 8.13. The molecule has 0 saturated heterocycles. The molecular formula is C11H13BrN2. The van der Waals surface area contributed by atoms with Gasteiger partial charge in [-0.15, -0.1) is 0 Å². The van der Waals surface area contributed by atoms with Gasteiger partial charge in [0.15, 0.2) is 0 Å². The van der Waals surface area contributed by atoms with Gasteiger partial charge in [0.05, 0.1) is 0 Å². The molecule has 1 aromatic heterocycles. The summed E-state index contributed by atoms with van der Waals surface area (Å²) in [7, 11) is 0. The monoisotopic (exact) mass is 252 g/mol. The van der Waals surface area contributed by atoms with Crippen molar-refractivity contribution in [2.75, 3.05) is 6.54 Å². The molecule has 0 spiro atoms. The van der Waals surface area contributed by atoms with Crippen molar-refractivity contribution in [3.63, 3.8) is 0 Å². The third-order valence-corrected chi connectivity index (χ3v) is 3.51. The van der Waals surface area contributed by atoms with E-state index in [1.807, 2.05) is 0 Å². The maximum absolute atomic E-state index is 5.59. The second-order valence-corrected chi connectivity index (χ2v) is 4.15. The number of rotatable bonds is 2. The second kappa shape index (κ2) is 3.75. The summed E-state index contributed by atoms with van der Waals surface area (Å²) in [6, 6.07) is 8.36. The number of hydrogen-bond acceptors (Lipinski definition) is 1. The molecule has 0 radical (unpaired) electrons. The van der Waals surface area contributed by atoms with E-state index in [-0.39, 0.29) is 0 Å². The lowest BCUT2D eigenvalue weighted by atomic mass is 10.2. The van der Waals surface area contributed by atoms with E-state index in [9.17, 15) is 0 Å². The Kier molecular flexibility index (Phi) is 2.61. The van der Waals surface area contributed by atoms with Gasteiger partial charge in [0, 0.05) is 34.2 Å². The normalized spacial score (nSPS) is 11.1. The van der Waals surface area contributed by atoms with Crippen molar-refractivity contribution in [2.24, 2.45) is 5.73 Å². The van der Waals surface area contributed by atoms with Crippen LogP contribution in [0.1, 0.15) is 5.69 Å². The smallest absolute Gasteiger partial charge is 0.0494 e. The number of benzene rings is 1. The summed E-state index contributed by atoms with van der Waals surface area (Å²) in [4.78, 5) is 0. The summed E-state index contributed by atoms with van der Waals surface area (Å²) >= 11 is 3.61. The van der Waals surface area contributed by atoms with Gasteiger partial charge in [-0.1, -0.05) is 18.2 Å². The molecule has 1 heterocycles. The Morgan fingerprint density at radius 2 is 2.07 bits per heavy atom. The first-order chi connectivity index (χ1) is 6.75. The molecule has 14 heavy (non-hydrogen) atoms. The number of hydrogen-bond donors (Lipinski definition) is 1. The minimum absolute atomic E-state index is 0.673. The highest BCUT2D eigenvalue weighted by Crippen LogP contribution is 2.29. The summed E-state index contributed by atoms with van der Waals surface area (Å²) in [6.45, 7) is 3.66. The van der Waals surface area contributed by atoms with Gasteiger partial charge in [-0.25, -0.2) is 0 Å². The third kappa shape index (κ3) is 1.37. The first-order valence-corrected chi connectivity index (χ1v) is 5.48. The number of nitrogens with zero attached hydrogens (tertiary/aromatic N) is 1. The Labute approximate surface area is 91.8 Å². The van der Waals surface area contributed by atoms with Crippen LogP contribution in [0.3, 0.4) is 0 Å². The van der Waals surface area contributed by atoms with Crippen molar-refractivity contribution >= 4 is 26.8 Å². The van der Waals surface area contributed by atoms with Crippen LogP contribution in [-0.2, 0) is 6.54 Å². The molecule has 0 aliphatic heterocycles. The van der Waals surface area contributed by atoms with Gasteiger partial charge in [-0.2, -0.15) is 0 Å². The molecule has 2 aromatic rings. The predicted molar refractivity (Wildman–Crippen MR) is 63.4 cm³/mol. The van der Waals surface area contributed by atoms with Crippen molar-refractivity contribution in [3.05, 3.63) is 34.4 Å². The molecule has 0 amide bonds. The Balaban J connectivity index is 2.74. The van der Waals surface area contributed by atoms with E-state index in [1.54, 1.807) is 0 Å². The van der Waals surface area contributed by atoms with Gasteiger partial charge in [0.25, 0.3) is 0 Å². The van der Waals surface area contributed by atoms with E-state index >= 15 is 0 Å². The zero-order chi connectivity index (χ0) is 10.1. The Hall–Kier alpha value is -0.800. The van der Waals surface area contributed by atoms with Gasteiger partial charge in [0.2, 0.25) is 0 Å². The lowest BCUT2D eigenvalue weighted by Crippen LogP contribution is -2.10. The van der Waals surface area contributed by atoms with Gasteiger partial charge in [-0.05, 0) is 28.9 Å². The van der Waals surface area contributed by atoms with Gasteiger partial charge in [0.1, 0.15) is 0 Å². The highest BCUT2D eigenvalue weighted by atomic mass is 79.9. The highest BCUT2D eigenvalue weighted by molar-refractivity contribution is 9.10. The molecule has 1 aromatic carbocycles. The van der Waals surface area contributed by atoms with Crippen molar-refractivity contribution < 1.29 is 0 Å². The molecule has 2 nitrogen and oxygen atoms in total. The lowest BCUT2D eigenvalue weighted by Gasteiger charge is -2.05. The summed E-state index contributed by atoms with van der Waals surface area (Å²) in [5.74, 6) is 0. The van der Waals surface area contributed by atoms with E-state index in [2.05, 4.69) is 51.7 Å². The van der Waals surface area contributed by atoms with E-state index < -0.39 is 0 Å². The summed E-state index contributed by atoms with van der Waals surface area (Å²) in [6.07, 6.45) is 0. The molecule has 74 valence electrons. The standard InChI is InChI=1S/C11H13BrN2/c1-8-11(12)9-4-2-3-5-10(9)14(8)7-6-13/h2-5H,6-7,13H2,1H3. The molecule has 2 rings (SSSR count). The van der Waals surface area contributed by atoms with E-state index in [0.717, 1.165) is 6.54 Å². The SMILES string of the molecule is Cc1c(Br)c2ccccc2n1CCN. The fraction of sp³-hybridized carbons (Fsp3) is 0.273. The van der Waals surface area contributed by atoms with Crippen molar-refractivity contribution in [2.45, 2.75) is 13.5 Å². The predicted octanol–water partition coefficient (Wildman–Crippen LogP) is 2.67. The Bertz CT molecular complexity index is 460. The molecule has 0 saturated carbocycles. The molecule has 3 heteroatoms. The van der Waals surface area contributed by atoms with Crippen molar-refractivity contribution in [1.82, 2.24) is 4.57 Å². The first kappa shape index (κ1) is 9.74. The molecule has 0 fully saturated rings. The van der Waals surface area contributed by atoms with Crippen LogP contribution in [0.5, 0.6) is 0 Å². The molecular weight excluding hydrogens is 240 g/mol. The Morgan fingerprint density at radius 1 is 1.36 bits per heavy atom. The number of halogens is 1. The van der Waals surface area contributed by atoms with Crippen LogP contribution in [0.4, 0.5) is 0 Å². The van der Waals surface area contributed by atoms with Crippen LogP contribution in [0.25, 0.3) is 10.9 Å². The number of aromatic nitrogens is 1. The lowest BCUT2D eigenvalue weighted by molar-refractivity contribution is 0.713. The van der Waals surface area contributed by atoms with Crippen molar-refractivity contribution in [3.8, 4) is 0 Å². The minimum Gasteiger partial charge on any atom is -0.342 e. The van der Waals surface area contributed by atoms with Gasteiger partial charge < -0.3 is 10.3 Å². The highest BCUT2D eigenvalue weighted by Gasteiger charge is 2.09. The van der Waals surface area contributed by atoms with Gasteiger partial charge >= 0.3 is 0 Å². The van der Waals surface area contributed by atoms with Crippen molar-refractivity contribution in [1.29, 1.82) is 0 Å². The maximum Gasteiger partial charge on any atom is 0.0494 e. The average molecular weight is 253 g/mol. The van der Waals surface area contributed by atoms with Crippen LogP contribution in [0, 0.1) is 6.92 Å². The maximum atomic E-state index is 5.59. The molecule has 2 N–H and O–H groups in total. The first-order valence-electron chi connectivity index (χ1n) is 4.69. The molecule has 0 bridgehead atoms. The topological polar surface area (TPSA) is 30.9 Å². The Morgan fingerprint density at radius 3 is 2.79 bits per heavy atom. The average Bonchev–Trinajstić information content (AvgIpc) is 2.45. The summed E-state index contributed by atoms with van der Waals surface area (Å²) in [5, 5.41) is 1.26. The van der Waals surface area contributed by atoms with E-state index in [0.29, 0.717) is 6.54 Å². The second-order valence-electron chi connectivity index (χ2n) is 3.36. The van der Waals surface area contributed by atoms with E-state index in [4.69, 9.17) is 5.73 Å². The largest absolute Gasteiger partial charge is 0.342 e. The van der Waals surface area contributed by atoms with Crippen LogP contribution in [0.2, 0.25) is 0 Å². The zero-order valence-corrected chi connectivity index (χ0v) is 9.71. The minimum atomic E-state index is 0.673. The molecule has 0 unspecified atom stereocenters. The number of fused-ring (bicyclic) bond motifs is 1. The van der Waals surface area contributed by atoms with Gasteiger partial charge in [-0.3, -0.25) is 0 Å². The van der Waals surface area contributed by atoms with Crippen LogP contribution < -0.4 is 5.73 Å². The fourth-order valence-corrected chi connectivity index (χ4v) is 2.36. The number of nitrogens with two attached hydrogens (primary N) is 1. The number of para-hydroxylation sites is 1. The molecule has 0 aliphatic carbocycles. The summed E-state index contributed by atoms with van der Waals surface area (Å²) in [5.41, 5.74) is 8.09. The fourth-order valence-electron chi connectivity index (χ4n) is 1.81. The van der Waals surface area contributed by atoms with Crippen LogP contribution in [-0.4, -0.2) is 11.1 Å². The third-order valence-electron chi connectivity index (χ3n) is 2.51. The van der Waals surface area contributed by atoms with Crippen LogP contribution >= 0.6 is 15.9 Å². The molecule has 0 atom stereocenters. The van der Waals surface area contributed by atoms with Crippen LogP contribution in [0.15, 0.2) is 28.7 Å². The summed E-state index contributed by atoms with van der Waals surface area (Å²) < 4.78 is 3.43. The van der Waals surface area contributed by atoms with E-state index in [1.165, 1.54) is 21.1 Å². The molecule has 0 aliphatic rings. The quantitative estimate of drug-likeness (QED) is 0.876.